The standard InChI is InChI=1S/C39H34F6NOP.BrH/c1-26-9-15-34(16-10-26)48(35-17-11-27(2)12-18-35,36-19-13-28(3)14-20-36)25-33(21-29-7-5-4-6-8-29)46-37(47)30-22-31(38(40,41)42)24-32(23-30)39(43,44)45;/h4-20,22-24,33H,21,25H2,1-3H3;1H/t33-;/m0./s1. The Morgan fingerprint density at radius 2 is 1.00 bits per heavy atom. The van der Waals surface area contributed by atoms with Crippen LogP contribution in [-0.4, -0.2) is 18.1 Å². The van der Waals surface area contributed by atoms with E-state index < -0.39 is 48.3 Å². The van der Waals surface area contributed by atoms with E-state index in [0.717, 1.165) is 38.2 Å². The van der Waals surface area contributed by atoms with E-state index in [4.69, 9.17) is 0 Å². The van der Waals surface area contributed by atoms with E-state index in [1.807, 2.05) is 87.5 Å². The molecule has 0 radical (unpaired) electrons. The Morgan fingerprint density at radius 3 is 1.37 bits per heavy atom. The Balaban J connectivity index is 0.00000541. The van der Waals surface area contributed by atoms with Crippen molar-refractivity contribution in [3.8, 4) is 0 Å². The van der Waals surface area contributed by atoms with Crippen LogP contribution in [0.25, 0.3) is 0 Å². The fourth-order valence-electron chi connectivity index (χ4n) is 5.91. The highest BCUT2D eigenvalue weighted by Crippen LogP contribution is 2.56. The monoisotopic (exact) mass is 757 g/mol. The average molecular weight is 759 g/mol. The van der Waals surface area contributed by atoms with Crippen LogP contribution in [0.1, 0.15) is 43.7 Å². The lowest BCUT2D eigenvalue weighted by Gasteiger charge is -2.32. The number of rotatable bonds is 9. The van der Waals surface area contributed by atoms with Gasteiger partial charge in [0.15, 0.2) is 0 Å². The van der Waals surface area contributed by atoms with Gasteiger partial charge < -0.3 is 22.3 Å². The van der Waals surface area contributed by atoms with Gasteiger partial charge in [0.1, 0.15) is 23.2 Å². The van der Waals surface area contributed by atoms with Crippen molar-refractivity contribution < 1.29 is 48.1 Å². The Hall–Kier alpha value is -3.94. The molecule has 0 bridgehead atoms. The highest BCUT2D eigenvalue weighted by atomic mass is 79.9. The van der Waals surface area contributed by atoms with Crippen LogP contribution in [0.5, 0.6) is 0 Å². The number of alkyl halides is 6. The highest BCUT2D eigenvalue weighted by molar-refractivity contribution is 7.95. The van der Waals surface area contributed by atoms with Gasteiger partial charge in [0.05, 0.1) is 23.3 Å². The first-order chi connectivity index (χ1) is 22.6. The van der Waals surface area contributed by atoms with Crippen molar-refractivity contribution in [2.24, 2.45) is 0 Å². The summed E-state index contributed by atoms with van der Waals surface area (Å²) in [5, 5.41) is 5.99. The van der Waals surface area contributed by atoms with Crippen molar-refractivity contribution >= 4 is 29.1 Å². The van der Waals surface area contributed by atoms with Gasteiger partial charge in [0.25, 0.3) is 5.91 Å². The van der Waals surface area contributed by atoms with Crippen molar-refractivity contribution in [2.45, 2.75) is 45.6 Å². The van der Waals surface area contributed by atoms with Crippen molar-refractivity contribution in [3.05, 3.63) is 160 Å². The molecule has 0 aliphatic rings. The quantitative estimate of drug-likeness (QED) is 0.146. The van der Waals surface area contributed by atoms with E-state index in [0.29, 0.717) is 24.7 Å². The molecule has 1 amide bonds. The summed E-state index contributed by atoms with van der Waals surface area (Å²) in [6, 6.07) is 34.2. The van der Waals surface area contributed by atoms with Crippen LogP contribution < -0.4 is 38.2 Å². The first kappa shape index (κ1) is 37.9. The predicted octanol–water partition coefficient (Wildman–Crippen LogP) is 5.99. The highest BCUT2D eigenvalue weighted by Gasteiger charge is 2.48. The van der Waals surface area contributed by atoms with Crippen LogP contribution in [0.4, 0.5) is 26.3 Å². The molecule has 1 N–H and O–H groups in total. The molecule has 0 saturated heterocycles. The van der Waals surface area contributed by atoms with Crippen LogP contribution >= 0.6 is 7.26 Å². The predicted molar refractivity (Wildman–Crippen MR) is 182 cm³/mol. The molecule has 0 spiro atoms. The molecule has 0 aliphatic carbocycles. The zero-order chi connectivity index (χ0) is 34.7. The molecule has 0 aliphatic heterocycles. The van der Waals surface area contributed by atoms with Gasteiger partial charge >= 0.3 is 12.4 Å². The lowest BCUT2D eigenvalue weighted by Crippen LogP contribution is -3.00. The molecule has 1 atom stereocenters. The lowest BCUT2D eigenvalue weighted by atomic mass is 10.0. The number of aryl methyl sites for hydroxylation is 3. The van der Waals surface area contributed by atoms with Crippen molar-refractivity contribution in [3.63, 3.8) is 0 Å². The van der Waals surface area contributed by atoms with E-state index in [-0.39, 0.29) is 23.0 Å². The average Bonchev–Trinajstić information content (AvgIpc) is 3.04. The second-order valence-corrected chi connectivity index (χ2v) is 15.7. The van der Waals surface area contributed by atoms with E-state index in [1.54, 1.807) is 0 Å². The Kier molecular flexibility index (Phi) is 11.8. The summed E-state index contributed by atoms with van der Waals surface area (Å²) in [6.07, 6.45) is -9.51. The molecular weight excluding hydrogens is 723 g/mol. The van der Waals surface area contributed by atoms with E-state index in [1.165, 1.54) is 0 Å². The zero-order valence-electron chi connectivity index (χ0n) is 27.0. The molecule has 0 aromatic heterocycles. The van der Waals surface area contributed by atoms with Crippen LogP contribution in [0.2, 0.25) is 0 Å². The Bertz CT molecular complexity index is 1710. The molecule has 5 aromatic carbocycles. The number of benzene rings is 5. The Morgan fingerprint density at radius 1 is 0.612 bits per heavy atom. The minimum Gasteiger partial charge on any atom is -1.00 e. The first-order valence-corrected chi connectivity index (χ1v) is 17.4. The van der Waals surface area contributed by atoms with Gasteiger partial charge in [-0.3, -0.25) is 4.79 Å². The van der Waals surface area contributed by atoms with Gasteiger partial charge in [0.2, 0.25) is 0 Å². The molecule has 5 rings (SSSR count). The van der Waals surface area contributed by atoms with Crippen molar-refractivity contribution in [1.82, 2.24) is 5.32 Å². The van der Waals surface area contributed by atoms with E-state index in [2.05, 4.69) is 41.7 Å². The molecule has 0 fully saturated rings. The lowest BCUT2D eigenvalue weighted by molar-refractivity contribution is -0.143. The van der Waals surface area contributed by atoms with Gasteiger partial charge in [-0.2, -0.15) is 26.3 Å². The molecule has 0 unspecified atom stereocenters. The number of halogens is 7. The number of amides is 1. The van der Waals surface area contributed by atoms with Gasteiger partial charge in [-0.1, -0.05) is 83.4 Å². The maximum Gasteiger partial charge on any atom is 0.416 e. The summed E-state index contributed by atoms with van der Waals surface area (Å²) in [7, 11) is -2.60. The molecule has 0 heterocycles. The maximum absolute atomic E-state index is 13.8. The number of hydrogen-bond acceptors (Lipinski definition) is 1. The minimum absolute atomic E-state index is 0. The third kappa shape index (κ3) is 9.00. The number of carbonyl (C=O) groups is 1. The third-order valence-electron chi connectivity index (χ3n) is 8.43. The molecular formula is C39H35BrF6NOP. The van der Waals surface area contributed by atoms with Crippen molar-refractivity contribution in [1.29, 1.82) is 0 Å². The van der Waals surface area contributed by atoms with Crippen LogP contribution in [0, 0.1) is 20.8 Å². The van der Waals surface area contributed by atoms with Crippen LogP contribution in [-0.2, 0) is 18.8 Å². The number of nitrogens with one attached hydrogen (secondary N) is 1. The second kappa shape index (κ2) is 15.3. The summed E-state index contributed by atoms with van der Waals surface area (Å²) >= 11 is 0. The molecule has 10 heteroatoms. The molecule has 2 nitrogen and oxygen atoms in total. The third-order valence-corrected chi connectivity index (χ3v) is 13.0. The van der Waals surface area contributed by atoms with Gasteiger partial charge in [0, 0.05) is 5.56 Å². The molecule has 256 valence electrons. The van der Waals surface area contributed by atoms with Gasteiger partial charge in [-0.15, -0.1) is 0 Å². The SMILES string of the molecule is Cc1ccc([P+](C[C@H](Cc2ccccc2)NC(=O)c2cc(C(F)(F)F)cc(C(F)(F)F)c2)(c2ccc(C)cc2)c2ccc(C)cc2)cc1.[Br-]. The largest absolute Gasteiger partial charge is 1.00 e. The summed E-state index contributed by atoms with van der Waals surface area (Å²) < 4.78 is 82.4. The minimum atomic E-state index is -5.08. The smallest absolute Gasteiger partial charge is 0.416 e. The van der Waals surface area contributed by atoms with Gasteiger partial charge in [-0.25, -0.2) is 0 Å². The van der Waals surface area contributed by atoms with Crippen molar-refractivity contribution in [2.75, 3.05) is 6.16 Å². The fourth-order valence-corrected chi connectivity index (χ4v) is 10.3. The zero-order valence-corrected chi connectivity index (χ0v) is 29.5. The summed E-state index contributed by atoms with van der Waals surface area (Å²) in [4.78, 5) is 13.8. The Labute approximate surface area is 293 Å². The summed E-state index contributed by atoms with van der Waals surface area (Å²) in [5.41, 5.74) is 0.250. The summed E-state index contributed by atoms with van der Waals surface area (Å²) in [5.74, 6) is -1.01. The topological polar surface area (TPSA) is 29.1 Å². The van der Waals surface area contributed by atoms with E-state index >= 15 is 0 Å². The fraction of sp³-hybridized carbons (Fsp3) is 0.205. The van der Waals surface area contributed by atoms with E-state index in [9.17, 15) is 31.1 Å². The molecule has 5 aromatic rings. The van der Waals surface area contributed by atoms with Gasteiger partial charge in [-0.05, 0) is 87.4 Å². The normalized spacial score (nSPS) is 12.6. The molecule has 49 heavy (non-hydrogen) atoms. The summed E-state index contributed by atoms with van der Waals surface area (Å²) in [6.45, 7) is 5.97. The number of hydrogen-bond donors (Lipinski definition) is 1. The number of carbonyl (C=O) groups excluding carboxylic acids is 1. The second-order valence-electron chi connectivity index (χ2n) is 12.2. The van der Waals surface area contributed by atoms with Crippen LogP contribution in [0.15, 0.2) is 121 Å². The molecule has 0 saturated carbocycles. The van der Waals surface area contributed by atoms with Crippen LogP contribution in [0.3, 0.4) is 0 Å². The first-order valence-electron chi connectivity index (χ1n) is 15.4. The maximum atomic E-state index is 13.8.